The van der Waals surface area contributed by atoms with E-state index in [2.05, 4.69) is 6.92 Å². The second-order valence-corrected chi connectivity index (χ2v) is 4.61. The van der Waals surface area contributed by atoms with Crippen molar-refractivity contribution >= 4 is 11.8 Å². The summed E-state index contributed by atoms with van der Waals surface area (Å²) >= 11 is 0. The quantitative estimate of drug-likeness (QED) is 0.535. The summed E-state index contributed by atoms with van der Waals surface area (Å²) in [6.45, 7) is 3.56. The maximum Gasteiger partial charge on any atom is 0.302 e. The molecule has 0 aromatic rings. The van der Waals surface area contributed by atoms with Crippen LogP contribution in [-0.4, -0.2) is 17.9 Å². The molecule has 2 atom stereocenters. The van der Waals surface area contributed by atoms with Crippen LogP contribution in [0.25, 0.3) is 0 Å². The van der Waals surface area contributed by atoms with Gasteiger partial charge in [0.05, 0.1) is 5.92 Å². The molecule has 1 fully saturated rings. The minimum Gasteiger partial charge on any atom is -0.462 e. The summed E-state index contributed by atoms with van der Waals surface area (Å²) in [5.74, 6) is -0.0157. The fourth-order valence-electron chi connectivity index (χ4n) is 2.39. The van der Waals surface area contributed by atoms with Crippen LogP contribution >= 0.6 is 0 Å². The highest BCUT2D eigenvalue weighted by molar-refractivity contribution is 5.82. The van der Waals surface area contributed by atoms with Crippen molar-refractivity contribution in [1.82, 2.24) is 0 Å². The van der Waals surface area contributed by atoms with E-state index in [4.69, 9.17) is 4.74 Å². The number of carbonyl (C=O) groups is 2. The van der Waals surface area contributed by atoms with Gasteiger partial charge in [0, 0.05) is 13.3 Å². The molecule has 0 spiro atoms. The summed E-state index contributed by atoms with van der Waals surface area (Å²) in [5, 5.41) is 0. The molecular weight excluding hydrogens is 204 g/mol. The molecule has 0 aromatic heterocycles. The first kappa shape index (κ1) is 13.2. The zero-order chi connectivity index (χ0) is 12.0. The summed E-state index contributed by atoms with van der Waals surface area (Å²) in [4.78, 5) is 22.7. The number of hydrogen-bond donors (Lipinski definition) is 0. The highest BCUT2D eigenvalue weighted by Gasteiger charge is 2.33. The van der Waals surface area contributed by atoms with Gasteiger partial charge in [-0.2, -0.15) is 0 Å². The molecule has 0 N–H and O–H groups in total. The van der Waals surface area contributed by atoms with Crippen LogP contribution in [0.4, 0.5) is 0 Å². The standard InChI is InChI=1S/C13H22O3/c1-3-4-5-7-11-12(15)8-6-9-13(11)16-10(2)14/h11,13H,3-9H2,1-2H3/t11-,13-/m0/s1. The molecule has 0 saturated heterocycles. The molecule has 0 bridgehead atoms. The normalized spacial score (nSPS) is 25.5. The minimum atomic E-state index is -0.264. The topological polar surface area (TPSA) is 43.4 Å². The van der Waals surface area contributed by atoms with E-state index in [-0.39, 0.29) is 23.8 Å². The Hall–Kier alpha value is -0.860. The van der Waals surface area contributed by atoms with Gasteiger partial charge in [-0.25, -0.2) is 0 Å². The predicted octanol–water partition coefficient (Wildman–Crippen LogP) is 2.87. The van der Waals surface area contributed by atoms with Gasteiger partial charge in [-0.15, -0.1) is 0 Å². The molecule has 16 heavy (non-hydrogen) atoms. The van der Waals surface area contributed by atoms with Gasteiger partial charge in [0.1, 0.15) is 11.9 Å². The monoisotopic (exact) mass is 226 g/mol. The Morgan fingerprint density at radius 1 is 1.44 bits per heavy atom. The average molecular weight is 226 g/mol. The van der Waals surface area contributed by atoms with E-state index < -0.39 is 0 Å². The molecule has 1 rings (SSSR count). The summed E-state index contributed by atoms with van der Waals surface area (Å²) in [7, 11) is 0. The van der Waals surface area contributed by atoms with E-state index in [9.17, 15) is 9.59 Å². The Labute approximate surface area is 97.5 Å². The summed E-state index contributed by atoms with van der Waals surface area (Å²) in [5.41, 5.74) is 0. The number of rotatable bonds is 5. The van der Waals surface area contributed by atoms with Crippen molar-refractivity contribution < 1.29 is 14.3 Å². The maximum atomic E-state index is 11.8. The van der Waals surface area contributed by atoms with Crippen molar-refractivity contribution in [3.8, 4) is 0 Å². The molecule has 0 unspecified atom stereocenters. The molecule has 0 heterocycles. The Bertz CT molecular complexity index is 248. The lowest BCUT2D eigenvalue weighted by Gasteiger charge is -2.29. The van der Waals surface area contributed by atoms with E-state index in [1.54, 1.807) is 0 Å². The van der Waals surface area contributed by atoms with Gasteiger partial charge in [-0.1, -0.05) is 26.2 Å². The molecule has 0 radical (unpaired) electrons. The molecule has 1 aliphatic carbocycles. The molecular formula is C13H22O3. The molecule has 1 saturated carbocycles. The van der Waals surface area contributed by atoms with Crippen LogP contribution in [0.15, 0.2) is 0 Å². The van der Waals surface area contributed by atoms with Crippen LogP contribution in [0.1, 0.15) is 58.8 Å². The molecule has 92 valence electrons. The largest absolute Gasteiger partial charge is 0.462 e. The fourth-order valence-corrected chi connectivity index (χ4v) is 2.39. The van der Waals surface area contributed by atoms with E-state index in [1.165, 1.54) is 6.92 Å². The molecule has 0 amide bonds. The van der Waals surface area contributed by atoms with Gasteiger partial charge >= 0.3 is 5.97 Å². The van der Waals surface area contributed by atoms with Crippen molar-refractivity contribution in [2.45, 2.75) is 64.9 Å². The van der Waals surface area contributed by atoms with Crippen molar-refractivity contribution in [3.63, 3.8) is 0 Å². The van der Waals surface area contributed by atoms with Crippen LogP contribution in [0.3, 0.4) is 0 Å². The van der Waals surface area contributed by atoms with E-state index >= 15 is 0 Å². The minimum absolute atomic E-state index is 0.0378. The van der Waals surface area contributed by atoms with Gasteiger partial charge in [-0.05, 0) is 19.3 Å². The number of hydrogen-bond acceptors (Lipinski definition) is 3. The van der Waals surface area contributed by atoms with Gasteiger partial charge in [0.15, 0.2) is 0 Å². The van der Waals surface area contributed by atoms with Crippen LogP contribution in [0, 0.1) is 5.92 Å². The molecule has 3 nitrogen and oxygen atoms in total. The lowest BCUT2D eigenvalue weighted by atomic mass is 9.82. The molecule has 1 aliphatic rings. The average Bonchev–Trinajstić information content (AvgIpc) is 2.21. The molecule has 0 aromatic carbocycles. The lowest BCUT2D eigenvalue weighted by Crippen LogP contribution is -2.35. The molecule has 3 heteroatoms. The number of Topliss-reactive ketones (excluding diaryl/α,β-unsaturated/α-hetero) is 1. The van der Waals surface area contributed by atoms with Crippen LogP contribution in [-0.2, 0) is 14.3 Å². The Kier molecular flexibility index (Phi) is 5.50. The fraction of sp³-hybridized carbons (Fsp3) is 0.846. The molecule has 0 aliphatic heterocycles. The van der Waals surface area contributed by atoms with Crippen molar-refractivity contribution in [2.24, 2.45) is 5.92 Å². The summed E-state index contributed by atoms with van der Waals surface area (Å²) in [6.07, 6.45) is 6.46. The van der Waals surface area contributed by atoms with Crippen molar-refractivity contribution in [1.29, 1.82) is 0 Å². The highest BCUT2D eigenvalue weighted by atomic mass is 16.5. The van der Waals surface area contributed by atoms with Gasteiger partial charge in [0.25, 0.3) is 0 Å². The third kappa shape index (κ3) is 3.95. The van der Waals surface area contributed by atoms with E-state index in [0.717, 1.165) is 38.5 Å². The summed E-state index contributed by atoms with van der Waals surface area (Å²) < 4.78 is 5.25. The predicted molar refractivity (Wildman–Crippen MR) is 62.0 cm³/mol. The Morgan fingerprint density at radius 2 is 2.19 bits per heavy atom. The zero-order valence-electron chi connectivity index (χ0n) is 10.3. The van der Waals surface area contributed by atoms with Gasteiger partial charge in [-0.3, -0.25) is 9.59 Å². The number of ketones is 1. The Balaban J connectivity index is 2.49. The van der Waals surface area contributed by atoms with E-state index in [1.807, 2.05) is 0 Å². The third-order valence-electron chi connectivity index (χ3n) is 3.21. The number of esters is 1. The number of ether oxygens (including phenoxy) is 1. The lowest BCUT2D eigenvalue weighted by molar-refractivity contribution is -0.153. The first-order valence-corrected chi connectivity index (χ1v) is 6.35. The third-order valence-corrected chi connectivity index (χ3v) is 3.21. The Morgan fingerprint density at radius 3 is 2.81 bits per heavy atom. The zero-order valence-corrected chi connectivity index (χ0v) is 10.3. The summed E-state index contributed by atoms with van der Waals surface area (Å²) in [6, 6.07) is 0. The highest BCUT2D eigenvalue weighted by Crippen LogP contribution is 2.28. The number of unbranched alkanes of at least 4 members (excludes halogenated alkanes) is 2. The second kappa shape index (κ2) is 6.66. The smallest absolute Gasteiger partial charge is 0.302 e. The second-order valence-electron chi connectivity index (χ2n) is 4.61. The van der Waals surface area contributed by atoms with Gasteiger partial charge in [0.2, 0.25) is 0 Å². The van der Waals surface area contributed by atoms with Crippen molar-refractivity contribution in [2.75, 3.05) is 0 Å². The SMILES string of the molecule is CCCCC[C@H]1C(=O)CCC[C@@H]1OC(C)=O. The van der Waals surface area contributed by atoms with Crippen LogP contribution in [0.2, 0.25) is 0 Å². The van der Waals surface area contributed by atoms with Crippen LogP contribution in [0.5, 0.6) is 0 Å². The van der Waals surface area contributed by atoms with Crippen molar-refractivity contribution in [3.05, 3.63) is 0 Å². The first-order chi connectivity index (χ1) is 7.65. The van der Waals surface area contributed by atoms with Gasteiger partial charge < -0.3 is 4.74 Å². The van der Waals surface area contributed by atoms with E-state index in [0.29, 0.717) is 6.42 Å². The maximum absolute atomic E-state index is 11.8. The first-order valence-electron chi connectivity index (χ1n) is 6.35. The van der Waals surface area contributed by atoms with Crippen LogP contribution < -0.4 is 0 Å². The number of carbonyl (C=O) groups excluding carboxylic acids is 2.